The average molecular weight is 640 g/mol. The van der Waals surface area contributed by atoms with E-state index < -0.39 is 91.0 Å². The summed E-state index contributed by atoms with van der Waals surface area (Å²) in [5.41, 5.74) is 0.698. The maximum atomic E-state index is 13.2. The van der Waals surface area contributed by atoms with Crippen molar-refractivity contribution in [2.24, 2.45) is 23.7 Å². The number of esters is 2. The molecule has 3 N–H and O–H groups in total. The summed E-state index contributed by atoms with van der Waals surface area (Å²) in [7, 11) is 3.42. The number of ketones is 1. The summed E-state index contributed by atoms with van der Waals surface area (Å²) in [6, 6.07) is -0.725. The van der Waals surface area contributed by atoms with Crippen LogP contribution in [0.3, 0.4) is 0 Å². The van der Waals surface area contributed by atoms with Gasteiger partial charge in [-0.05, 0) is 52.8 Å². The van der Waals surface area contributed by atoms with Crippen molar-refractivity contribution in [3.05, 3.63) is 23.8 Å². The summed E-state index contributed by atoms with van der Waals surface area (Å²) in [5, 5.41) is 33.2. The Labute approximate surface area is 266 Å². The number of likely N-dealkylation sites (N-methyl/N-ethyl adjacent to an activating group) is 1. The third-order valence-corrected chi connectivity index (χ3v) is 8.83. The molecule has 0 aromatic heterocycles. The van der Waals surface area contributed by atoms with E-state index in [9.17, 15) is 34.5 Å². The van der Waals surface area contributed by atoms with Gasteiger partial charge in [0.25, 0.3) is 0 Å². The SMILES string of the molecule is CC[C@H]1OC(=O)C[C@@H](O)[C@H](C)[C@@H](O[C@@H]2O[C@H](C)[C@@H](O)[C@H](N(C)C)[C@H]2O)[C@@H](CC=O)C[C@@H](C)C(=O)/C=C/C(C)=C/[C@@H]1COC(C)=O. The lowest BCUT2D eigenvalue weighted by atomic mass is 9.79. The molecule has 2 aliphatic heterocycles. The number of rotatable bonds is 8. The van der Waals surface area contributed by atoms with Crippen LogP contribution in [0.5, 0.6) is 0 Å². The standard InChI is InChI=1S/C33H53NO11/c1-9-27-24(17-42-22(6)36)14-18(2)10-11-25(37)19(3)15-23(12-13-35)32(20(4)26(38)16-28(39)44-27)45-33-31(41)29(34(7)8)30(40)21(5)43-33/h10-11,13-14,19-21,23-24,26-27,29-33,38,40-41H,9,12,15-17H2,1-8H3/b11-10+,18-14+/t19-,20+,21-,23+,24-,26-,27-,29+,30-,31-,32-,33+/m1/s1. The highest BCUT2D eigenvalue weighted by atomic mass is 16.7. The van der Waals surface area contributed by atoms with E-state index in [4.69, 9.17) is 18.9 Å². The monoisotopic (exact) mass is 639 g/mol. The molecule has 2 aliphatic rings. The van der Waals surface area contributed by atoms with Crippen LogP contribution in [0.1, 0.15) is 67.2 Å². The topological polar surface area (TPSA) is 169 Å². The van der Waals surface area contributed by atoms with Crippen molar-refractivity contribution in [1.82, 2.24) is 4.90 Å². The Morgan fingerprint density at radius 1 is 1.11 bits per heavy atom. The van der Waals surface area contributed by atoms with Gasteiger partial charge in [-0.2, -0.15) is 0 Å². The zero-order valence-electron chi connectivity index (χ0n) is 27.8. The van der Waals surface area contributed by atoms with Gasteiger partial charge in [0.15, 0.2) is 12.1 Å². The van der Waals surface area contributed by atoms with Crippen LogP contribution in [0, 0.1) is 23.7 Å². The zero-order valence-corrected chi connectivity index (χ0v) is 27.8. The first kappa shape index (κ1) is 38.7. The molecule has 2 rings (SSSR count). The van der Waals surface area contributed by atoms with E-state index in [1.54, 1.807) is 58.8 Å². The van der Waals surface area contributed by atoms with Crippen LogP contribution in [-0.4, -0.2) is 114 Å². The number of aliphatic hydroxyl groups excluding tert-OH is 3. The molecule has 0 saturated carbocycles. The Kier molecular flexibility index (Phi) is 15.5. The molecule has 0 aliphatic carbocycles. The molecule has 12 heteroatoms. The molecule has 1 saturated heterocycles. The lowest BCUT2D eigenvalue weighted by Crippen LogP contribution is -2.63. The van der Waals surface area contributed by atoms with Crippen LogP contribution in [0.2, 0.25) is 0 Å². The van der Waals surface area contributed by atoms with E-state index in [0.717, 1.165) is 6.29 Å². The van der Waals surface area contributed by atoms with Crippen LogP contribution in [-0.2, 0) is 38.1 Å². The Balaban J connectivity index is 2.53. The number of aldehydes is 1. The Hall–Kier alpha value is -2.48. The van der Waals surface area contributed by atoms with Gasteiger partial charge in [-0.15, -0.1) is 0 Å². The second-order valence-corrected chi connectivity index (χ2v) is 12.7. The molecule has 0 aromatic carbocycles. The number of hydrogen-bond donors (Lipinski definition) is 3. The molecule has 12 atom stereocenters. The highest BCUT2D eigenvalue weighted by Crippen LogP contribution is 2.34. The second kappa shape index (κ2) is 18.0. The number of allylic oxidation sites excluding steroid dienone is 3. The molecule has 0 bridgehead atoms. The predicted molar refractivity (Wildman–Crippen MR) is 165 cm³/mol. The highest BCUT2D eigenvalue weighted by molar-refractivity contribution is 5.91. The van der Waals surface area contributed by atoms with Gasteiger partial charge >= 0.3 is 11.9 Å². The molecule has 0 unspecified atom stereocenters. The predicted octanol–water partition coefficient (Wildman–Crippen LogP) is 1.97. The fourth-order valence-corrected chi connectivity index (χ4v) is 6.13. The molecule has 0 amide bonds. The van der Waals surface area contributed by atoms with Crippen LogP contribution in [0.15, 0.2) is 23.8 Å². The van der Waals surface area contributed by atoms with E-state index >= 15 is 0 Å². The van der Waals surface area contributed by atoms with E-state index in [0.29, 0.717) is 12.0 Å². The fourth-order valence-electron chi connectivity index (χ4n) is 6.13. The van der Waals surface area contributed by atoms with Gasteiger partial charge in [-0.3, -0.25) is 14.4 Å². The largest absolute Gasteiger partial charge is 0.465 e. The lowest BCUT2D eigenvalue weighted by Gasteiger charge is -2.46. The number of ether oxygens (including phenoxy) is 4. The van der Waals surface area contributed by atoms with Gasteiger partial charge in [-0.1, -0.05) is 38.5 Å². The van der Waals surface area contributed by atoms with Crippen molar-refractivity contribution in [2.75, 3.05) is 20.7 Å². The van der Waals surface area contributed by atoms with E-state index in [2.05, 4.69) is 0 Å². The highest BCUT2D eigenvalue weighted by Gasteiger charge is 2.47. The summed E-state index contributed by atoms with van der Waals surface area (Å²) in [6.45, 7) is 9.92. The Morgan fingerprint density at radius 3 is 2.36 bits per heavy atom. The Bertz CT molecular complexity index is 1060. The smallest absolute Gasteiger partial charge is 0.308 e. The van der Waals surface area contributed by atoms with Crippen molar-refractivity contribution in [3.8, 4) is 0 Å². The summed E-state index contributed by atoms with van der Waals surface area (Å²) < 4.78 is 23.3. The average Bonchev–Trinajstić information content (AvgIpc) is 2.96. The first-order chi connectivity index (χ1) is 21.1. The van der Waals surface area contributed by atoms with Gasteiger partial charge in [0.05, 0.1) is 36.9 Å². The molecule has 0 radical (unpaired) electrons. The Morgan fingerprint density at radius 2 is 1.78 bits per heavy atom. The molecule has 0 spiro atoms. The van der Waals surface area contributed by atoms with Crippen LogP contribution in [0.25, 0.3) is 0 Å². The van der Waals surface area contributed by atoms with Gasteiger partial charge < -0.3 is 44.0 Å². The normalized spacial score (nSPS) is 39.4. The maximum absolute atomic E-state index is 13.2. The number of aliphatic hydroxyl groups is 3. The van der Waals surface area contributed by atoms with Crippen molar-refractivity contribution in [3.63, 3.8) is 0 Å². The molecule has 12 nitrogen and oxygen atoms in total. The zero-order chi connectivity index (χ0) is 34.0. The van der Waals surface area contributed by atoms with Crippen LogP contribution < -0.4 is 0 Å². The van der Waals surface area contributed by atoms with Crippen LogP contribution >= 0.6 is 0 Å². The molecule has 1 fully saturated rings. The molecule has 2 heterocycles. The molecule has 0 aromatic rings. The molecular weight excluding hydrogens is 586 g/mol. The fraction of sp³-hybridized carbons (Fsp3) is 0.758. The van der Waals surface area contributed by atoms with Gasteiger partial charge in [0.2, 0.25) is 0 Å². The summed E-state index contributed by atoms with van der Waals surface area (Å²) in [6.07, 6.45) is -1.32. The molecule has 256 valence electrons. The quantitative estimate of drug-likeness (QED) is 0.261. The summed E-state index contributed by atoms with van der Waals surface area (Å²) in [4.78, 5) is 51.5. The first-order valence-electron chi connectivity index (χ1n) is 15.8. The first-order valence-corrected chi connectivity index (χ1v) is 15.8. The summed E-state index contributed by atoms with van der Waals surface area (Å²) in [5.74, 6) is -3.75. The van der Waals surface area contributed by atoms with Crippen molar-refractivity contribution in [1.29, 1.82) is 0 Å². The molecule has 45 heavy (non-hydrogen) atoms. The lowest BCUT2D eigenvalue weighted by molar-refractivity contribution is -0.304. The van der Waals surface area contributed by atoms with Gasteiger partial charge in [0.1, 0.15) is 25.1 Å². The van der Waals surface area contributed by atoms with Gasteiger partial charge in [-0.25, -0.2) is 0 Å². The minimum atomic E-state index is -1.29. The number of nitrogens with zero attached hydrogens (tertiary/aromatic N) is 1. The third-order valence-electron chi connectivity index (χ3n) is 8.83. The summed E-state index contributed by atoms with van der Waals surface area (Å²) >= 11 is 0. The number of cyclic esters (lactones) is 1. The minimum Gasteiger partial charge on any atom is -0.465 e. The van der Waals surface area contributed by atoms with Crippen molar-refractivity contribution >= 4 is 24.0 Å². The van der Waals surface area contributed by atoms with Crippen molar-refractivity contribution < 1.29 is 53.4 Å². The molecular formula is C33H53NO11. The van der Waals surface area contributed by atoms with E-state index in [-0.39, 0.29) is 25.2 Å². The van der Waals surface area contributed by atoms with E-state index in [1.807, 2.05) is 6.92 Å². The van der Waals surface area contributed by atoms with Gasteiger partial charge in [0, 0.05) is 31.1 Å². The maximum Gasteiger partial charge on any atom is 0.308 e. The third kappa shape index (κ3) is 11.1. The van der Waals surface area contributed by atoms with Crippen molar-refractivity contribution in [2.45, 2.75) is 116 Å². The van der Waals surface area contributed by atoms with Crippen LogP contribution in [0.4, 0.5) is 0 Å². The van der Waals surface area contributed by atoms with E-state index in [1.165, 1.54) is 13.0 Å². The number of hydrogen-bond acceptors (Lipinski definition) is 12. The minimum absolute atomic E-state index is 0.0136. The second-order valence-electron chi connectivity index (χ2n) is 12.7. The number of carbonyl (C=O) groups excluding carboxylic acids is 4. The number of carbonyl (C=O) groups is 4.